The van der Waals surface area contributed by atoms with Crippen LogP contribution in [0.5, 0.6) is 0 Å². The van der Waals surface area contributed by atoms with Crippen LogP contribution in [0.1, 0.15) is 17.3 Å². The Morgan fingerprint density at radius 1 is 1.17 bits per heavy atom. The zero-order chi connectivity index (χ0) is 16.2. The molecule has 0 radical (unpaired) electrons. The first-order chi connectivity index (χ1) is 11.2. The maximum Gasteiger partial charge on any atom is 0.338 e. The van der Waals surface area contributed by atoms with E-state index in [1.807, 2.05) is 48.5 Å². The lowest BCUT2D eigenvalue weighted by atomic mass is 10.1. The normalized spacial score (nSPS) is 10.7. The molecule has 0 fully saturated rings. The van der Waals surface area contributed by atoms with Crippen LogP contribution < -0.4 is 5.73 Å². The van der Waals surface area contributed by atoms with Crippen molar-refractivity contribution in [1.82, 2.24) is 4.98 Å². The second kappa shape index (κ2) is 6.71. The number of nitrogens with two attached hydrogens (primary N) is 1. The molecule has 1 aromatic heterocycles. The third-order valence-electron chi connectivity index (χ3n) is 3.29. The molecule has 0 saturated heterocycles. The van der Waals surface area contributed by atoms with Gasteiger partial charge in [-0.05, 0) is 43.3 Å². The van der Waals surface area contributed by atoms with Crippen molar-refractivity contribution in [3.8, 4) is 0 Å². The van der Waals surface area contributed by atoms with Gasteiger partial charge in [-0.25, -0.2) is 9.78 Å². The van der Waals surface area contributed by atoms with Gasteiger partial charge in [0.15, 0.2) is 0 Å². The highest BCUT2D eigenvalue weighted by molar-refractivity contribution is 7.99. The minimum atomic E-state index is -0.328. The summed E-state index contributed by atoms with van der Waals surface area (Å²) >= 11 is 1.49. The first kappa shape index (κ1) is 15.4. The number of benzene rings is 2. The number of nitrogens with zero attached hydrogens (tertiary/aromatic N) is 1. The molecule has 0 bridgehead atoms. The van der Waals surface area contributed by atoms with Gasteiger partial charge in [0.05, 0.1) is 17.7 Å². The summed E-state index contributed by atoms with van der Waals surface area (Å²) in [5.74, 6) is -0.328. The van der Waals surface area contributed by atoms with E-state index in [0.29, 0.717) is 17.9 Å². The van der Waals surface area contributed by atoms with Crippen LogP contribution in [0, 0.1) is 0 Å². The van der Waals surface area contributed by atoms with E-state index in [4.69, 9.17) is 10.5 Å². The average Bonchev–Trinajstić information content (AvgIpc) is 2.56. The van der Waals surface area contributed by atoms with Crippen molar-refractivity contribution in [3.05, 3.63) is 60.2 Å². The van der Waals surface area contributed by atoms with E-state index in [9.17, 15) is 4.79 Å². The Morgan fingerprint density at radius 3 is 2.65 bits per heavy atom. The topological polar surface area (TPSA) is 65.2 Å². The average molecular weight is 324 g/mol. The molecule has 1 heterocycles. The number of aromatic nitrogens is 1. The molecule has 116 valence electrons. The number of pyridine rings is 1. The third-order valence-corrected chi connectivity index (χ3v) is 4.22. The number of nitrogen functional groups attached to an aromatic ring is 1. The fourth-order valence-corrected chi connectivity index (χ4v) is 3.07. The number of para-hydroxylation sites is 1. The van der Waals surface area contributed by atoms with Gasteiger partial charge in [-0.15, -0.1) is 0 Å². The van der Waals surface area contributed by atoms with Gasteiger partial charge in [-0.3, -0.25) is 0 Å². The molecule has 0 unspecified atom stereocenters. The van der Waals surface area contributed by atoms with Crippen molar-refractivity contribution in [3.63, 3.8) is 0 Å². The zero-order valence-electron chi connectivity index (χ0n) is 12.7. The monoisotopic (exact) mass is 324 g/mol. The molecule has 23 heavy (non-hydrogen) atoms. The first-order valence-corrected chi connectivity index (χ1v) is 8.09. The Morgan fingerprint density at radius 2 is 1.91 bits per heavy atom. The molecular formula is C18H16N2O2S. The highest BCUT2D eigenvalue weighted by Gasteiger charge is 2.14. The summed E-state index contributed by atoms with van der Waals surface area (Å²) in [6, 6.07) is 16.9. The molecule has 0 aliphatic rings. The second-order valence-electron chi connectivity index (χ2n) is 4.92. The Balaban J connectivity index is 2.03. The molecule has 4 nitrogen and oxygen atoms in total. The van der Waals surface area contributed by atoms with E-state index in [1.165, 1.54) is 11.8 Å². The molecule has 0 aliphatic carbocycles. The van der Waals surface area contributed by atoms with Gasteiger partial charge in [0, 0.05) is 16.0 Å². The largest absolute Gasteiger partial charge is 0.462 e. The predicted molar refractivity (Wildman–Crippen MR) is 92.7 cm³/mol. The van der Waals surface area contributed by atoms with Crippen molar-refractivity contribution >= 4 is 34.3 Å². The highest BCUT2D eigenvalue weighted by Crippen LogP contribution is 2.30. The second-order valence-corrected chi connectivity index (χ2v) is 6.01. The summed E-state index contributed by atoms with van der Waals surface area (Å²) in [6.07, 6.45) is 0. The maximum absolute atomic E-state index is 12.2. The minimum Gasteiger partial charge on any atom is -0.462 e. The van der Waals surface area contributed by atoms with Crippen LogP contribution in [0.25, 0.3) is 10.9 Å². The molecule has 0 saturated carbocycles. The fourth-order valence-electron chi connectivity index (χ4n) is 2.24. The summed E-state index contributed by atoms with van der Waals surface area (Å²) in [6.45, 7) is 2.14. The van der Waals surface area contributed by atoms with E-state index in [0.717, 1.165) is 20.8 Å². The fraction of sp³-hybridized carbons (Fsp3) is 0.111. The lowest BCUT2D eigenvalue weighted by Crippen LogP contribution is -2.06. The van der Waals surface area contributed by atoms with Crippen molar-refractivity contribution in [2.45, 2.75) is 16.8 Å². The molecule has 0 spiro atoms. The van der Waals surface area contributed by atoms with E-state index in [2.05, 4.69) is 4.98 Å². The summed E-state index contributed by atoms with van der Waals surface area (Å²) < 4.78 is 5.16. The number of ether oxygens (including phenoxy) is 1. The third kappa shape index (κ3) is 3.46. The van der Waals surface area contributed by atoms with Crippen molar-refractivity contribution < 1.29 is 9.53 Å². The first-order valence-electron chi connectivity index (χ1n) is 7.27. The van der Waals surface area contributed by atoms with Gasteiger partial charge >= 0.3 is 5.97 Å². The van der Waals surface area contributed by atoms with Gasteiger partial charge in [0.2, 0.25) is 0 Å². The van der Waals surface area contributed by atoms with Crippen LogP contribution in [-0.2, 0) is 4.74 Å². The van der Waals surface area contributed by atoms with Crippen LogP contribution in [0.3, 0.4) is 0 Å². The lowest BCUT2D eigenvalue weighted by molar-refractivity contribution is 0.0528. The van der Waals surface area contributed by atoms with Crippen molar-refractivity contribution in [2.75, 3.05) is 12.3 Å². The number of anilines is 1. The summed E-state index contributed by atoms with van der Waals surface area (Å²) in [5, 5.41) is 1.55. The summed E-state index contributed by atoms with van der Waals surface area (Å²) in [5.41, 5.74) is 7.73. The van der Waals surface area contributed by atoms with Crippen molar-refractivity contribution in [1.29, 1.82) is 0 Å². The molecule has 3 aromatic rings. The standard InChI is InChI=1S/C18H16N2O2S/c1-2-22-18(21)15-11-17(20-16-6-4-3-5-14(15)16)23-13-9-7-12(19)8-10-13/h3-11H,2,19H2,1H3. The Kier molecular flexibility index (Phi) is 4.48. The smallest absolute Gasteiger partial charge is 0.338 e. The highest BCUT2D eigenvalue weighted by atomic mass is 32.2. The van der Waals surface area contributed by atoms with Crippen LogP contribution in [0.4, 0.5) is 5.69 Å². The molecule has 3 rings (SSSR count). The number of carbonyl (C=O) groups excluding carboxylic acids is 1. The number of hydrogen-bond donors (Lipinski definition) is 1. The number of rotatable bonds is 4. The van der Waals surface area contributed by atoms with Gasteiger partial charge < -0.3 is 10.5 Å². The van der Waals surface area contributed by atoms with E-state index in [-0.39, 0.29) is 5.97 Å². The zero-order valence-corrected chi connectivity index (χ0v) is 13.5. The Hall–Kier alpha value is -2.53. The summed E-state index contributed by atoms with van der Waals surface area (Å²) in [7, 11) is 0. The molecular weight excluding hydrogens is 308 g/mol. The molecule has 0 aliphatic heterocycles. The molecule has 5 heteroatoms. The number of esters is 1. The molecule has 0 atom stereocenters. The van der Waals surface area contributed by atoms with E-state index < -0.39 is 0 Å². The summed E-state index contributed by atoms with van der Waals surface area (Å²) in [4.78, 5) is 17.9. The van der Waals surface area contributed by atoms with Gasteiger partial charge in [-0.2, -0.15) is 0 Å². The van der Waals surface area contributed by atoms with Crippen molar-refractivity contribution in [2.24, 2.45) is 0 Å². The molecule has 2 N–H and O–H groups in total. The Labute approximate surface area is 138 Å². The van der Waals surface area contributed by atoms with Gasteiger partial charge in [0.1, 0.15) is 5.03 Å². The number of carbonyl (C=O) groups is 1. The Bertz CT molecular complexity index is 847. The van der Waals surface area contributed by atoms with Gasteiger partial charge in [0.25, 0.3) is 0 Å². The lowest BCUT2D eigenvalue weighted by Gasteiger charge is -2.09. The van der Waals surface area contributed by atoms with Crippen LogP contribution >= 0.6 is 11.8 Å². The minimum absolute atomic E-state index is 0.328. The number of hydrogen-bond acceptors (Lipinski definition) is 5. The predicted octanol–water partition coefficient (Wildman–Crippen LogP) is 4.14. The quantitative estimate of drug-likeness (QED) is 0.577. The van der Waals surface area contributed by atoms with E-state index >= 15 is 0 Å². The SMILES string of the molecule is CCOC(=O)c1cc(Sc2ccc(N)cc2)nc2ccccc12. The number of fused-ring (bicyclic) bond motifs is 1. The molecule has 2 aromatic carbocycles. The van der Waals surface area contributed by atoms with Crippen LogP contribution in [-0.4, -0.2) is 17.6 Å². The van der Waals surface area contributed by atoms with Gasteiger partial charge in [-0.1, -0.05) is 30.0 Å². The van der Waals surface area contributed by atoms with Crippen LogP contribution in [0.2, 0.25) is 0 Å². The maximum atomic E-state index is 12.2. The van der Waals surface area contributed by atoms with Crippen LogP contribution in [0.15, 0.2) is 64.5 Å². The molecule has 0 amide bonds. The van der Waals surface area contributed by atoms with E-state index in [1.54, 1.807) is 13.0 Å².